The van der Waals surface area contributed by atoms with E-state index in [0.29, 0.717) is 35.2 Å². The number of methoxy groups -OCH3 is 2. The van der Waals surface area contributed by atoms with E-state index in [-0.39, 0.29) is 11.6 Å². The molecule has 0 aliphatic carbocycles. The van der Waals surface area contributed by atoms with Crippen LogP contribution in [0.15, 0.2) is 41.2 Å². The van der Waals surface area contributed by atoms with Gasteiger partial charge in [0, 0.05) is 23.2 Å². The maximum atomic E-state index is 12.6. The Morgan fingerprint density at radius 1 is 1.04 bits per heavy atom. The molecule has 0 atom stereocenters. The molecule has 4 rings (SSSR count). The molecule has 3 aromatic rings. The summed E-state index contributed by atoms with van der Waals surface area (Å²) in [7, 11) is 3.19. The highest BCUT2D eigenvalue weighted by Gasteiger charge is 2.22. The Hall–Kier alpha value is -2.99. The van der Waals surface area contributed by atoms with Gasteiger partial charge in [-0.3, -0.25) is 4.57 Å². The molecule has 0 saturated carbocycles. The summed E-state index contributed by atoms with van der Waals surface area (Å²) in [5, 5.41) is 0.623. The number of ether oxygens (including phenoxy) is 3. The van der Waals surface area contributed by atoms with Crippen molar-refractivity contribution in [2.24, 2.45) is 0 Å². The lowest BCUT2D eigenvalue weighted by Crippen LogP contribution is -2.28. The second kappa shape index (κ2) is 7.20. The maximum absolute atomic E-state index is 12.6. The van der Waals surface area contributed by atoms with Crippen LogP contribution in [-0.2, 0) is 13.0 Å². The van der Waals surface area contributed by atoms with E-state index in [4.69, 9.17) is 25.8 Å². The number of halogens is 1. The van der Waals surface area contributed by atoms with Gasteiger partial charge in [0.2, 0.25) is 5.88 Å². The lowest BCUT2D eigenvalue weighted by atomic mass is 9.97. The molecule has 0 fully saturated rings. The van der Waals surface area contributed by atoms with Crippen molar-refractivity contribution in [1.82, 2.24) is 9.55 Å². The lowest BCUT2D eigenvalue weighted by molar-refractivity contribution is 0.354. The van der Waals surface area contributed by atoms with E-state index < -0.39 is 0 Å². The van der Waals surface area contributed by atoms with Gasteiger partial charge >= 0.3 is 5.69 Å². The maximum Gasteiger partial charge on any atom is 0.351 e. The largest absolute Gasteiger partial charge is 0.493 e. The van der Waals surface area contributed by atoms with Crippen LogP contribution in [0.4, 0.5) is 0 Å². The van der Waals surface area contributed by atoms with E-state index in [0.717, 1.165) is 22.4 Å². The molecule has 1 aliphatic heterocycles. The molecule has 0 amide bonds. The van der Waals surface area contributed by atoms with Gasteiger partial charge in [-0.05, 0) is 54.8 Å². The summed E-state index contributed by atoms with van der Waals surface area (Å²) in [5.74, 6) is 2.11. The summed E-state index contributed by atoms with van der Waals surface area (Å²) in [6.45, 7) is 2.43. The van der Waals surface area contributed by atoms with Gasteiger partial charge in [0.25, 0.3) is 0 Å². The zero-order valence-electron chi connectivity index (χ0n) is 15.8. The minimum absolute atomic E-state index is 0.240. The predicted molar refractivity (Wildman–Crippen MR) is 107 cm³/mol. The average Bonchev–Trinajstić information content (AvgIpc) is 2.69. The van der Waals surface area contributed by atoms with Crippen molar-refractivity contribution in [2.45, 2.75) is 19.9 Å². The average molecular weight is 399 g/mol. The molecule has 2 aromatic carbocycles. The SMILES string of the molecule is COc1cc2c(cc1OC)-c1cc(Oc3ccc(Cl)cc3C)nc(=O)n1CC2. The van der Waals surface area contributed by atoms with Crippen LogP contribution < -0.4 is 19.9 Å². The molecule has 0 spiro atoms. The van der Waals surface area contributed by atoms with Crippen molar-refractivity contribution in [3.05, 3.63) is 63.0 Å². The Morgan fingerprint density at radius 3 is 2.50 bits per heavy atom. The standard InChI is InChI=1S/C21H19ClN2O4/c1-12-8-14(22)4-5-17(12)28-20-11-16-15-10-19(27-3)18(26-2)9-13(15)6-7-24(16)21(25)23-20/h4-5,8-11H,6-7H2,1-3H3. The molecule has 1 aromatic heterocycles. The van der Waals surface area contributed by atoms with E-state index in [1.165, 1.54) is 0 Å². The monoisotopic (exact) mass is 398 g/mol. The number of aryl methyl sites for hydroxylation is 2. The van der Waals surface area contributed by atoms with E-state index in [9.17, 15) is 4.79 Å². The molecule has 0 saturated heterocycles. The number of rotatable bonds is 4. The summed E-state index contributed by atoms with van der Waals surface area (Å²) in [4.78, 5) is 16.7. The van der Waals surface area contributed by atoms with E-state index in [1.54, 1.807) is 43.1 Å². The molecular formula is C21H19ClN2O4. The van der Waals surface area contributed by atoms with Crippen molar-refractivity contribution < 1.29 is 14.2 Å². The summed E-state index contributed by atoms with van der Waals surface area (Å²) in [6, 6.07) is 10.9. The van der Waals surface area contributed by atoms with E-state index in [2.05, 4.69) is 4.98 Å². The van der Waals surface area contributed by atoms with E-state index in [1.807, 2.05) is 19.1 Å². The minimum Gasteiger partial charge on any atom is -0.493 e. The van der Waals surface area contributed by atoms with Gasteiger partial charge in [-0.1, -0.05) is 11.6 Å². The molecule has 7 heteroatoms. The molecule has 6 nitrogen and oxygen atoms in total. The van der Waals surface area contributed by atoms with Crippen LogP contribution in [0, 0.1) is 6.92 Å². The van der Waals surface area contributed by atoms with Crippen LogP contribution in [0.3, 0.4) is 0 Å². The smallest absolute Gasteiger partial charge is 0.351 e. The van der Waals surface area contributed by atoms with Crippen molar-refractivity contribution in [3.63, 3.8) is 0 Å². The second-order valence-electron chi connectivity index (χ2n) is 6.54. The lowest BCUT2D eigenvalue weighted by Gasteiger charge is -2.23. The zero-order valence-corrected chi connectivity index (χ0v) is 16.5. The predicted octanol–water partition coefficient (Wildman–Crippen LogP) is 4.24. The first-order valence-electron chi connectivity index (χ1n) is 8.81. The third-order valence-electron chi connectivity index (χ3n) is 4.83. The molecular weight excluding hydrogens is 380 g/mol. The van der Waals surface area contributed by atoms with Crippen LogP contribution >= 0.6 is 11.6 Å². The second-order valence-corrected chi connectivity index (χ2v) is 6.98. The van der Waals surface area contributed by atoms with Crippen LogP contribution in [0.2, 0.25) is 5.02 Å². The van der Waals surface area contributed by atoms with E-state index >= 15 is 0 Å². The first-order valence-corrected chi connectivity index (χ1v) is 9.19. The van der Waals surface area contributed by atoms with Crippen LogP contribution in [0.25, 0.3) is 11.3 Å². The van der Waals surface area contributed by atoms with Gasteiger partial charge in [-0.15, -0.1) is 0 Å². The Labute approximate surface area is 167 Å². The Morgan fingerprint density at radius 2 is 1.79 bits per heavy atom. The molecule has 0 bridgehead atoms. The highest BCUT2D eigenvalue weighted by molar-refractivity contribution is 6.30. The number of nitrogens with zero attached hydrogens (tertiary/aromatic N) is 2. The van der Waals surface area contributed by atoms with Crippen molar-refractivity contribution in [3.8, 4) is 34.4 Å². The molecule has 0 unspecified atom stereocenters. The number of fused-ring (bicyclic) bond motifs is 3. The van der Waals surface area contributed by atoms with Crippen molar-refractivity contribution in [2.75, 3.05) is 14.2 Å². The minimum atomic E-state index is -0.348. The topological polar surface area (TPSA) is 62.6 Å². The Balaban J connectivity index is 1.82. The number of hydrogen-bond donors (Lipinski definition) is 0. The van der Waals surface area contributed by atoms with Gasteiger partial charge in [-0.2, -0.15) is 4.98 Å². The summed E-state index contributed by atoms with van der Waals surface area (Å²) >= 11 is 6.00. The number of benzene rings is 2. The van der Waals surface area contributed by atoms with Crippen molar-refractivity contribution >= 4 is 11.6 Å². The third-order valence-corrected chi connectivity index (χ3v) is 5.06. The van der Waals surface area contributed by atoms with Gasteiger partial charge in [0.15, 0.2) is 11.5 Å². The molecule has 2 heterocycles. The fourth-order valence-corrected chi connectivity index (χ4v) is 3.64. The van der Waals surface area contributed by atoms with Crippen LogP contribution in [0.1, 0.15) is 11.1 Å². The molecule has 1 aliphatic rings. The summed E-state index contributed by atoms with van der Waals surface area (Å²) < 4.78 is 18.4. The normalized spacial score (nSPS) is 12.1. The first kappa shape index (κ1) is 18.4. The molecule has 0 N–H and O–H groups in total. The Bertz CT molecular complexity index is 1120. The highest BCUT2D eigenvalue weighted by atomic mass is 35.5. The third kappa shape index (κ3) is 3.20. The van der Waals surface area contributed by atoms with Gasteiger partial charge in [0.1, 0.15) is 5.75 Å². The molecule has 144 valence electrons. The highest BCUT2D eigenvalue weighted by Crippen LogP contribution is 2.39. The molecule has 0 radical (unpaired) electrons. The van der Waals surface area contributed by atoms with Gasteiger partial charge < -0.3 is 14.2 Å². The quantitative estimate of drug-likeness (QED) is 0.657. The number of aromatic nitrogens is 2. The van der Waals surface area contributed by atoms with Gasteiger partial charge in [-0.25, -0.2) is 4.79 Å². The van der Waals surface area contributed by atoms with Crippen LogP contribution in [0.5, 0.6) is 23.1 Å². The summed E-state index contributed by atoms with van der Waals surface area (Å²) in [5.41, 5.74) is 3.24. The first-order chi connectivity index (χ1) is 13.5. The van der Waals surface area contributed by atoms with Gasteiger partial charge in [0.05, 0.1) is 19.9 Å². The number of hydrogen-bond acceptors (Lipinski definition) is 5. The zero-order chi connectivity index (χ0) is 19.8. The molecule has 28 heavy (non-hydrogen) atoms. The fraction of sp³-hybridized carbons (Fsp3) is 0.238. The van der Waals surface area contributed by atoms with Crippen LogP contribution in [-0.4, -0.2) is 23.8 Å². The summed E-state index contributed by atoms with van der Waals surface area (Å²) in [6.07, 6.45) is 0.709. The van der Waals surface area contributed by atoms with Crippen molar-refractivity contribution in [1.29, 1.82) is 0 Å². The Kier molecular flexibility index (Phi) is 4.73. The fourth-order valence-electron chi connectivity index (χ4n) is 3.41.